The highest BCUT2D eigenvalue weighted by molar-refractivity contribution is 5.91. The molecule has 0 radical (unpaired) electrons. The van der Waals surface area contributed by atoms with Gasteiger partial charge in [0.1, 0.15) is 0 Å². The Morgan fingerprint density at radius 2 is 2.22 bits per heavy atom. The number of fused-ring (bicyclic) bond motifs is 2. The van der Waals surface area contributed by atoms with Crippen LogP contribution >= 0.6 is 0 Å². The molecule has 4 rings (SSSR count). The van der Waals surface area contributed by atoms with E-state index in [0.717, 1.165) is 34.9 Å². The summed E-state index contributed by atoms with van der Waals surface area (Å²) >= 11 is 0. The van der Waals surface area contributed by atoms with Crippen LogP contribution in [0.15, 0.2) is 24.3 Å². The molecule has 1 N–H and O–H groups in total. The molecule has 1 aliphatic rings. The molecule has 0 unspecified atom stereocenters. The van der Waals surface area contributed by atoms with Gasteiger partial charge in [0.05, 0.1) is 13.7 Å². The lowest BCUT2D eigenvalue weighted by atomic mass is 9.96. The van der Waals surface area contributed by atoms with Crippen LogP contribution < -0.4 is 14.8 Å². The summed E-state index contributed by atoms with van der Waals surface area (Å²) in [6.45, 7) is 4.80. The van der Waals surface area contributed by atoms with Crippen LogP contribution in [0, 0.1) is 19.8 Å². The molecule has 140 valence electrons. The van der Waals surface area contributed by atoms with Gasteiger partial charge >= 0.3 is 0 Å². The molecular weight excluding hydrogens is 346 g/mol. The first-order valence-corrected chi connectivity index (χ1v) is 8.83. The summed E-state index contributed by atoms with van der Waals surface area (Å²) in [7, 11) is 1.63. The van der Waals surface area contributed by atoms with E-state index in [0.29, 0.717) is 18.9 Å². The number of nitrogens with zero attached hydrogens (tertiary/aromatic N) is 4. The predicted octanol–water partition coefficient (Wildman–Crippen LogP) is 1.73. The third-order valence-electron chi connectivity index (χ3n) is 4.70. The van der Waals surface area contributed by atoms with Crippen LogP contribution in [0.1, 0.15) is 27.6 Å². The number of rotatable bonds is 4. The van der Waals surface area contributed by atoms with E-state index >= 15 is 0 Å². The summed E-state index contributed by atoms with van der Waals surface area (Å²) in [5, 5.41) is 11.0. The minimum absolute atomic E-state index is 0.175. The summed E-state index contributed by atoms with van der Waals surface area (Å²) in [5.74, 6) is 2.11. The number of para-hydroxylation sites is 1. The Balaban J connectivity index is 1.46. The first-order valence-electron chi connectivity index (χ1n) is 8.83. The molecule has 0 spiro atoms. The fourth-order valence-electron chi connectivity index (χ4n) is 3.44. The second-order valence-corrected chi connectivity index (χ2v) is 6.74. The molecule has 0 saturated carbocycles. The van der Waals surface area contributed by atoms with Crippen molar-refractivity contribution in [2.24, 2.45) is 5.92 Å². The normalized spacial score (nSPS) is 15.9. The smallest absolute Gasteiger partial charge is 0.289 e. The number of hydrogen-bond donors (Lipinski definition) is 1. The van der Waals surface area contributed by atoms with Gasteiger partial charge < -0.3 is 14.8 Å². The number of carbonyl (C=O) groups is 1. The lowest BCUT2D eigenvalue weighted by Crippen LogP contribution is -2.35. The summed E-state index contributed by atoms with van der Waals surface area (Å²) in [4.78, 5) is 16.9. The Morgan fingerprint density at radius 1 is 1.37 bits per heavy atom. The van der Waals surface area contributed by atoms with Gasteiger partial charge in [-0.05, 0) is 38.0 Å². The number of nitrogens with one attached hydrogen (secondary N) is 1. The molecule has 0 aliphatic carbocycles. The topological polar surface area (TPSA) is 90.6 Å². The van der Waals surface area contributed by atoms with Crippen LogP contribution in [0.25, 0.3) is 5.78 Å². The molecule has 3 heterocycles. The van der Waals surface area contributed by atoms with Gasteiger partial charge in [-0.3, -0.25) is 9.20 Å². The Hall–Kier alpha value is -3.16. The number of methoxy groups -OCH3 is 1. The van der Waals surface area contributed by atoms with Gasteiger partial charge in [0.2, 0.25) is 5.82 Å². The zero-order chi connectivity index (χ0) is 19.0. The van der Waals surface area contributed by atoms with Gasteiger partial charge in [-0.2, -0.15) is 0 Å². The third kappa shape index (κ3) is 3.18. The number of amides is 1. The van der Waals surface area contributed by atoms with E-state index in [-0.39, 0.29) is 17.6 Å². The number of benzene rings is 1. The quantitative estimate of drug-likeness (QED) is 0.755. The van der Waals surface area contributed by atoms with Gasteiger partial charge in [-0.15, -0.1) is 10.2 Å². The van der Waals surface area contributed by atoms with E-state index in [2.05, 4.69) is 20.5 Å². The van der Waals surface area contributed by atoms with Crippen LogP contribution in [0.5, 0.6) is 11.5 Å². The molecule has 1 aromatic carbocycles. The summed E-state index contributed by atoms with van der Waals surface area (Å²) in [6.07, 6.45) is 0.813. The molecule has 27 heavy (non-hydrogen) atoms. The van der Waals surface area contributed by atoms with Crippen molar-refractivity contribution in [1.29, 1.82) is 0 Å². The molecule has 3 aromatic rings. The SMILES string of the molecule is COc1cccc2c1OC[C@@H](CNC(=O)c1nnc3nc(C)cc(C)n13)C2. The molecule has 8 nitrogen and oxygen atoms in total. The van der Waals surface area contributed by atoms with Gasteiger partial charge in [-0.1, -0.05) is 12.1 Å². The number of aromatic nitrogens is 4. The zero-order valence-electron chi connectivity index (χ0n) is 15.5. The lowest BCUT2D eigenvalue weighted by Gasteiger charge is -2.26. The maximum absolute atomic E-state index is 12.6. The van der Waals surface area contributed by atoms with Gasteiger partial charge in [0.15, 0.2) is 11.5 Å². The van der Waals surface area contributed by atoms with E-state index in [1.165, 1.54) is 0 Å². The molecular formula is C19H21N5O3. The number of carbonyl (C=O) groups excluding carboxylic acids is 1. The predicted molar refractivity (Wildman–Crippen MR) is 98.3 cm³/mol. The zero-order valence-corrected chi connectivity index (χ0v) is 15.5. The largest absolute Gasteiger partial charge is 0.493 e. The molecule has 0 saturated heterocycles. The van der Waals surface area contributed by atoms with Gasteiger partial charge in [0, 0.05) is 23.9 Å². The summed E-state index contributed by atoms with van der Waals surface area (Å²) in [6, 6.07) is 7.75. The first-order chi connectivity index (χ1) is 13.1. The van der Waals surface area contributed by atoms with E-state index in [1.807, 2.05) is 38.1 Å². The number of aryl methyl sites for hydroxylation is 2. The second-order valence-electron chi connectivity index (χ2n) is 6.74. The summed E-state index contributed by atoms with van der Waals surface area (Å²) < 4.78 is 12.9. The average molecular weight is 367 g/mol. The molecule has 8 heteroatoms. The third-order valence-corrected chi connectivity index (χ3v) is 4.70. The average Bonchev–Trinajstić information content (AvgIpc) is 3.09. The van der Waals surface area contributed by atoms with Crippen molar-refractivity contribution >= 4 is 11.7 Å². The molecule has 0 bridgehead atoms. The number of hydrogen-bond acceptors (Lipinski definition) is 6. The van der Waals surface area contributed by atoms with Crippen LogP contribution in [-0.4, -0.2) is 45.8 Å². The molecule has 1 aliphatic heterocycles. The Morgan fingerprint density at radius 3 is 3.04 bits per heavy atom. The molecule has 1 atom stereocenters. The van der Waals surface area contributed by atoms with Gasteiger partial charge in [0.25, 0.3) is 11.7 Å². The molecule has 1 amide bonds. The lowest BCUT2D eigenvalue weighted by molar-refractivity contribution is 0.0926. The fourth-order valence-corrected chi connectivity index (χ4v) is 3.44. The van der Waals surface area contributed by atoms with Crippen molar-refractivity contribution in [2.45, 2.75) is 20.3 Å². The van der Waals surface area contributed by atoms with Crippen molar-refractivity contribution in [3.8, 4) is 11.5 Å². The highest BCUT2D eigenvalue weighted by Gasteiger charge is 2.24. The Labute approximate surface area is 156 Å². The van der Waals surface area contributed by atoms with Crippen molar-refractivity contribution in [1.82, 2.24) is 24.9 Å². The summed E-state index contributed by atoms with van der Waals surface area (Å²) in [5.41, 5.74) is 2.80. The van der Waals surface area contributed by atoms with E-state index in [9.17, 15) is 4.79 Å². The van der Waals surface area contributed by atoms with E-state index in [4.69, 9.17) is 9.47 Å². The standard InChI is InChI=1S/C19H21N5O3/c1-11-7-12(2)24-17(22-23-19(24)21-11)18(25)20-9-13-8-14-5-4-6-15(26-3)16(14)27-10-13/h4-7,13H,8-10H2,1-3H3,(H,20,25)/t13-/m1/s1. The van der Waals surface area contributed by atoms with Crippen LogP contribution in [0.4, 0.5) is 0 Å². The van der Waals surface area contributed by atoms with E-state index in [1.54, 1.807) is 11.5 Å². The first kappa shape index (κ1) is 17.3. The Bertz CT molecular complexity index is 1010. The van der Waals surface area contributed by atoms with Crippen LogP contribution in [-0.2, 0) is 6.42 Å². The fraction of sp³-hybridized carbons (Fsp3) is 0.368. The van der Waals surface area contributed by atoms with Crippen LogP contribution in [0.3, 0.4) is 0 Å². The highest BCUT2D eigenvalue weighted by atomic mass is 16.5. The van der Waals surface area contributed by atoms with Crippen molar-refractivity contribution in [2.75, 3.05) is 20.3 Å². The maximum atomic E-state index is 12.6. The van der Waals surface area contributed by atoms with Crippen molar-refractivity contribution < 1.29 is 14.3 Å². The monoisotopic (exact) mass is 367 g/mol. The Kier molecular flexibility index (Phi) is 4.39. The molecule has 2 aromatic heterocycles. The van der Waals surface area contributed by atoms with Gasteiger partial charge in [-0.25, -0.2) is 4.98 Å². The minimum Gasteiger partial charge on any atom is -0.493 e. The number of ether oxygens (including phenoxy) is 2. The van der Waals surface area contributed by atoms with Crippen molar-refractivity contribution in [3.63, 3.8) is 0 Å². The maximum Gasteiger partial charge on any atom is 0.289 e. The second kappa shape index (κ2) is 6.86. The van der Waals surface area contributed by atoms with Crippen LogP contribution in [0.2, 0.25) is 0 Å². The van der Waals surface area contributed by atoms with Crippen molar-refractivity contribution in [3.05, 3.63) is 47.0 Å². The highest BCUT2D eigenvalue weighted by Crippen LogP contribution is 2.35. The van der Waals surface area contributed by atoms with E-state index < -0.39 is 0 Å². The minimum atomic E-state index is -0.271. The molecule has 0 fully saturated rings.